The predicted molar refractivity (Wildman–Crippen MR) is 65.9 cm³/mol. The summed E-state index contributed by atoms with van der Waals surface area (Å²) in [6.07, 6.45) is 0. The molecule has 0 bridgehead atoms. The van der Waals surface area contributed by atoms with Gasteiger partial charge < -0.3 is 9.64 Å². The lowest BCUT2D eigenvalue weighted by atomic mass is 10.0. The smallest absolute Gasteiger partial charge is 0.147 e. The van der Waals surface area contributed by atoms with E-state index in [1.165, 1.54) is 0 Å². The molecule has 0 radical (unpaired) electrons. The third kappa shape index (κ3) is 2.25. The predicted octanol–water partition coefficient (Wildman–Crippen LogP) is 1.88. The molecule has 0 spiro atoms. The van der Waals surface area contributed by atoms with Gasteiger partial charge in [-0.15, -0.1) is 0 Å². The molecule has 4 heteroatoms. The second-order valence-corrected chi connectivity index (χ2v) is 4.95. The molecule has 1 saturated heterocycles. The first-order valence-corrected chi connectivity index (χ1v) is 5.78. The van der Waals surface area contributed by atoms with Crippen LogP contribution in [-0.2, 0) is 4.74 Å². The summed E-state index contributed by atoms with van der Waals surface area (Å²) in [5.74, 6) is 0.779. The van der Waals surface area contributed by atoms with Crippen molar-refractivity contribution in [2.24, 2.45) is 0 Å². The van der Waals surface area contributed by atoms with Gasteiger partial charge in [-0.2, -0.15) is 5.26 Å². The zero-order valence-electron chi connectivity index (χ0n) is 10.5. The number of nitriles is 1. The minimum atomic E-state index is -0.120. The normalized spacial score (nSPS) is 18.8. The van der Waals surface area contributed by atoms with Gasteiger partial charge in [0, 0.05) is 12.2 Å². The summed E-state index contributed by atoms with van der Waals surface area (Å²) in [5.41, 5.74) is 1.44. The minimum Gasteiger partial charge on any atom is -0.377 e. The molecule has 0 N–H and O–H groups in total. The largest absolute Gasteiger partial charge is 0.377 e. The van der Waals surface area contributed by atoms with Crippen LogP contribution in [0.5, 0.6) is 0 Å². The summed E-state index contributed by atoms with van der Waals surface area (Å²) >= 11 is 0. The van der Waals surface area contributed by atoms with Crippen molar-refractivity contribution in [1.82, 2.24) is 4.98 Å². The van der Waals surface area contributed by atoms with Gasteiger partial charge in [0.05, 0.1) is 24.3 Å². The Morgan fingerprint density at radius 3 is 2.88 bits per heavy atom. The summed E-state index contributed by atoms with van der Waals surface area (Å²) in [4.78, 5) is 6.68. The average Bonchev–Trinajstić information content (AvgIpc) is 2.28. The molecular weight excluding hydrogens is 214 g/mol. The highest BCUT2D eigenvalue weighted by atomic mass is 16.5. The molecule has 17 heavy (non-hydrogen) atoms. The van der Waals surface area contributed by atoms with Crippen LogP contribution < -0.4 is 4.90 Å². The van der Waals surface area contributed by atoms with Crippen molar-refractivity contribution >= 4 is 5.82 Å². The van der Waals surface area contributed by atoms with Gasteiger partial charge in [0.15, 0.2) is 0 Å². The van der Waals surface area contributed by atoms with Crippen LogP contribution in [0.25, 0.3) is 0 Å². The number of morpholine rings is 1. The van der Waals surface area contributed by atoms with Crippen molar-refractivity contribution in [2.45, 2.75) is 26.3 Å². The van der Waals surface area contributed by atoms with E-state index >= 15 is 0 Å². The van der Waals surface area contributed by atoms with Gasteiger partial charge in [0.2, 0.25) is 0 Å². The molecule has 4 nitrogen and oxygen atoms in total. The number of aryl methyl sites for hydroxylation is 1. The zero-order valence-corrected chi connectivity index (χ0v) is 10.5. The molecule has 0 saturated carbocycles. The van der Waals surface area contributed by atoms with E-state index in [1.54, 1.807) is 0 Å². The van der Waals surface area contributed by atoms with Crippen LogP contribution in [0.2, 0.25) is 0 Å². The van der Waals surface area contributed by atoms with E-state index in [4.69, 9.17) is 10.00 Å². The molecule has 0 aliphatic carbocycles. The molecule has 90 valence electrons. The summed E-state index contributed by atoms with van der Waals surface area (Å²) in [6, 6.07) is 5.92. The van der Waals surface area contributed by atoms with E-state index in [0.29, 0.717) is 18.8 Å². The molecule has 1 aromatic heterocycles. The second-order valence-electron chi connectivity index (χ2n) is 4.95. The number of hydrogen-bond donors (Lipinski definition) is 0. The van der Waals surface area contributed by atoms with Gasteiger partial charge in [-0.1, -0.05) is 0 Å². The number of hydrogen-bond acceptors (Lipinski definition) is 4. The van der Waals surface area contributed by atoms with E-state index in [-0.39, 0.29) is 5.54 Å². The Kier molecular flexibility index (Phi) is 3.03. The van der Waals surface area contributed by atoms with Gasteiger partial charge in [0.1, 0.15) is 11.9 Å². The Morgan fingerprint density at radius 1 is 1.47 bits per heavy atom. The fraction of sp³-hybridized carbons (Fsp3) is 0.538. The number of nitrogens with zero attached hydrogens (tertiary/aromatic N) is 3. The van der Waals surface area contributed by atoms with Crippen LogP contribution in [0.3, 0.4) is 0 Å². The summed E-state index contributed by atoms with van der Waals surface area (Å²) in [5, 5.41) is 9.16. The molecule has 0 aromatic carbocycles. The van der Waals surface area contributed by atoms with E-state index in [9.17, 15) is 0 Å². The Balaban J connectivity index is 2.45. The van der Waals surface area contributed by atoms with Crippen LogP contribution in [0.1, 0.15) is 25.1 Å². The first-order valence-electron chi connectivity index (χ1n) is 5.78. The molecule has 2 heterocycles. The van der Waals surface area contributed by atoms with Crippen molar-refractivity contribution in [1.29, 1.82) is 5.26 Å². The van der Waals surface area contributed by atoms with Crippen molar-refractivity contribution in [2.75, 3.05) is 24.7 Å². The summed E-state index contributed by atoms with van der Waals surface area (Å²) in [6.45, 7) is 8.28. The Hall–Kier alpha value is -1.60. The highest BCUT2D eigenvalue weighted by molar-refractivity contribution is 5.56. The lowest BCUT2D eigenvalue weighted by Gasteiger charge is -2.43. The van der Waals surface area contributed by atoms with Crippen LogP contribution >= 0.6 is 0 Å². The maximum absolute atomic E-state index is 9.16. The monoisotopic (exact) mass is 231 g/mol. The van der Waals surface area contributed by atoms with Crippen LogP contribution in [0.15, 0.2) is 12.1 Å². The van der Waals surface area contributed by atoms with E-state index < -0.39 is 0 Å². The molecule has 0 unspecified atom stereocenters. The summed E-state index contributed by atoms with van der Waals surface area (Å²) in [7, 11) is 0. The van der Waals surface area contributed by atoms with E-state index in [1.807, 2.05) is 19.1 Å². The molecular formula is C13H17N3O. The molecule has 0 atom stereocenters. The van der Waals surface area contributed by atoms with Crippen LogP contribution in [0, 0.1) is 18.3 Å². The van der Waals surface area contributed by atoms with Crippen molar-refractivity contribution < 1.29 is 4.74 Å². The van der Waals surface area contributed by atoms with Gasteiger partial charge >= 0.3 is 0 Å². The zero-order chi connectivity index (χ0) is 12.5. The quantitative estimate of drug-likeness (QED) is 0.740. The molecule has 2 rings (SSSR count). The maximum Gasteiger partial charge on any atom is 0.147 e. The first kappa shape index (κ1) is 11.9. The van der Waals surface area contributed by atoms with Gasteiger partial charge in [-0.25, -0.2) is 4.98 Å². The average molecular weight is 231 g/mol. The number of aromatic nitrogens is 1. The molecule has 1 aromatic rings. The van der Waals surface area contributed by atoms with Crippen molar-refractivity contribution in [3.63, 3.8) is 0 Å². The standard InChI is InChI=1S/C13H17N3O/c1-10-4-5-11(8-14)12(15-10)16-6-7-17-9-13(16,2)3/h4-5H,6-7,9H2,1-3H3. The van der Waals surface area contributed by atoms with Gasteiger partial charge in [-0.3, -0.25) is 0 Å². The number of pyridine rings is 1. The SMILES string of the molecule is Cc1ccc(C#N)c(N2CCOCC2(C)C)n1. The fourth-order valence-electron chi connectivity index (χ4n) is 2.09. The lowest BCUT2D eigenvalue weighted by Crippen LogP contribution is -2.53. The third-order valence-electron chi connectivity index (χ3n) is 3.04. The first-order chi connectivity index (χ1) is 8.04. The topological polar surface area (TPSA) is 49.2 Å². The number of rotatable bonds is 1. The molecule has 1 aliphatic heterocycles. The van der Waals surface area contributed by atoms with Crippen molar-refractivity contribution in [3.8, 4) is 6.07 Å². The van der Waals surface area contributed by atoms with Gasteiger partial charge in [-0.05, 0) is 32.9 Å². The molecule has 1 aliphatic rings. The Bertz CT molecular complexity index is 462. The summed E-state index contributed by atoms with van der Waals surface area (Å²) < 4.78 is 5.49. The van der Waals surface area contributed by atoms with Crippen LogP contribution in [-0.4, -0.2) is 30.3 Å². The molecule has 1 fully saturated rings. The number of ether oxygens (including phenoxy) is 1. The highest BCUT2D eigenvalue weighted by Crippen LogP contribution is 2.28. The lowest BCUT2D eigenvalue weighted by molar-refractivity contribution is 0.0638. The van der Waals surface area contributed by atoms with Gasteiger partial charge in [0.25, 0.3) is 0 Å². The fourth-order valence-corrected chi connectivity index (χ4v) is 2.09. The second kappa shape index (κ2) is 4.34. The van der Waals surface area contributed by atoms with E-state index in [0.717, 1.165) is 18.1 Å². The third-order valence-corrected chi connectivity index (χ3v) is 3.04. The Morgan fingerprint density at radius 2 is 2.24 bits per heavy atom. The Labute approximate surface area is 102 Å². The highest BCUT2D eigenvalue weighted by Gasteiger charge is 2.32. The maximum atomic E-state index is 9.16. The van der Waals surface area contributed by atoms with Crippen LogP contribution in [0.4, 0.5) is 5.82 Å². The van der Waals surface area contributed by atoms with Crippen molar-refractivity contribution in [3.05, 3.63) is 23.4 Å². The number of anilines is 1. The van der Waals surface area contributed by atoms with E-state index in [2.05, 4.69) is 29.8 Å². The minimum absolute atomic E-state index is 0.120. The molecule has 0 amide bonds.